The number of methoxy groups -OCH3 is 1. The number of Topliss-reactive ketones (excluding diaryl/α,β-unsaturated/α-hetero) is 1. The van der Waals surface area contributed by atoms with Crippen LogP contribution in [-0.4, -0.2) is 18.0 Å². The second-order valence-corrected chi connectivity index (χ2v) is 7.06. The zero-order valence-corrected chi connectivity index (χ0v) is 15.6. The average Bonchev–Trinajstić information content (AvgIpc) is 2.60. The number of aromatic hydroxyl groups is 1. The topological polar surface area (TPSA) is 55.8 Å². The number of fused-ring (bicyclic) bond motifs is 1. The molecule has 2 aromatic rings. The Kier molecular flexibility index (Phi) is 4.77. The van der Waals surface area contributed by atoms with Gasteiger partial charge < -0.3 is 14.6 Å². The molecule has 4 heteroatoms. The van der Waals surface area contributed by atoms with Gasteiger partial charge in [0.05, 0.1) is 13.5 Å². The molecule has 0 amide bonds. The summed E-state index contributed by atoms with van der Waals surface area (Å²) in [6, 6.07) is 11.4. The lowest BCUT2D eigenvalue weighted by atomic mass is 9.84. The molecule has 0 spiro atoms. The zero-order valence-electron chi connectivity index (χ0n) is 15.6. The van der Waals surface area contributed by atoms with Crippen molar-refractivity contribution in [2.45, 2.75) is 39.2 Å². The minimum atomic E-state index is -0.774. The Morgan fingerprint density at radius 2 is 2.00 bits per heavy atom. The van der Waals surface area contributed by atoms with Gasteiger partial charge in [-0.25, -0.2) is 0 Å². The van der Waals surface area contributed by atoms with Crippen LogP contribution in [0.5, 0.6) is 17.2 Å². The number of hydrogen-bond donors (Lipinski definition) is 1. The lowest BCUT2D eigenvalue weighted by molar-refractivity contribution is 0.0495. The van der Waals surface area contributed by atoms with Crippen LogP contribution in [0.1, 0.15) is 48.7 Å². The van der Waals surface area contributed by atoms with Crippen molar-refractivity contribution in [3.8, 4) is 17.2 Å². The van der Waals surface area contributed by atoms with Crippen molar-refractivity contribution in [3.63, 3.8) is 0 Å². The van der Waals surface area contributed by atoms with Gasteiger partial charge in [0.25, 0.3) is 0 Å². The second-order valence-electron chi connectivity index (χ2n) is 7.06. The van der Waals surface area contributed by atoms with Gasteiger partial charge in [-0.15, -0.1) is 0 Å². The van der Waals surface area contributed by atoms with Gasteiger partial charge in [0.2, 0.25) is 0 Å². The molecule has 1 heterocycles. The van der Waals surface area contributed by atoms with Crippen LogP contribution in [-0.2, 0) is 12.0 Å². The van der Waals surface area contributed by atoms with Crippen molar-refractivity contribution in [3.05, 3.63) is 64.7 Å². The van der Waals surface area contributed by atoms with Crippen LogP contribution in [0.4, 0.5) is 0 Å². The number of rotatable bonds is 4. The summed E-state index contributed by atoms with van der Waals surface area (Å²) in [5, 5.41) is 10.8. The van der Waals surface area contributed by atoms with Gasteiger partial charge in [-0.2, -0.15) is 0 Å². The molecule has 3 rings (SSSR count). The van der Waals surface area contributed by atoms with Gasteiger partial charge in [0.15, 0.2) is 5.78 Å². The summed E-state index contributed by atoms with van der Waals surface area (Å²) in [5.41, 5.74) is 2.13. The van der Waals surface area contributed by atoms with Crippen molar-refractivity contribution < 1.29 is 19.4 Å². The number of carbonyl (C=O) groups excluding carboxylic acids is 1. The summed E-state index contributed by atoms with van der Waals surface area (Å²) in [4.78, 5) is 12.9. The molecule has 0 saturated heterocycles. The maximum atomic E-state index is 12.9. The van der Waals surface area contributed by atoms with Gasteiger partial charge in [-0.3, -0.25) is 4.79 Å². The molecule has 4 nitrogen and oxygen atoms in total. The van der Waals surface area contributed by atoms with Crippen LogP contribution in [0.25, 0.3) is 0 Å². The molecular formula is C22H24O4. The number of carbonyl (C=O) groups is 1. The first-order valence-electron chi connectivity index (χ1n) is 8.69. The molecule has 1 N–H and O–H groups in total. The minimum Gasteiger partial charge on any atom is -0.507 e. The maximum absolute atomic E-state index is 12.9. The van der Waals surface area contributed by atoms with E-state index in [1.54, 1.807) is 13.2 Å². The third-order valence-corrected chi connectivity index (χ3v) is 4.76. The van der Waals surface area contributed by atoms with Crippen molar-refractivity contribution >= 4 is 5.78 Å². The average molecular weight is 352 g/mol. The summed E-state index contributed by atoms with van der Waals surface area (Å²) in [6.45, 7) is 5.87. The fourth-order valence-corrected chi connectivity index (χ4v) is 3.32. The Balaban J connectivity index is 2.10. The van der Waals surface area contributed by atoms with E-state index in [0.717, 1.165) is 11.1 Å². The van der Waals surface area contributed by atoms with Crippen molar-refractivity contribution in [1.82, 2.24) is 0 Å². The van der Waals surface area contributed by atoms with Gasteiger partial charge in [-0.1, -0.05) is 42.0 Å². The Labute approximate surface area is 154 Å². The van der Waals surface area contributed by atoms with E-state index in [-0.39, 0.29) is 23.5 Å². The molecule has 0 bridgehead atoms. The standard InChI is InChI=1S/C22H24O4/c1-14(2)10-11-16-18(25-4)12-19-20(21(16)24)17(23)13-22(3,26-19)15-8-6-5-7-9-15/h5-10,12,24H,11,13H2,1-4H3/t22-/m0/s1. The van der Waals surface area contributed by atoms with Crippen molar-refractivity contribution in [2.24, 2.45) is 0 Å². The Morgan fingerprint density at radius 3 is 2.62 bits per heavy atom. The summed E-state index contributed by atoms with van der Waals surface area (Å²) in [5.74, 6) is 0.708. The SMILES string of the molecule is COc1cc2c(c(O)c1CC=C(C)C)C(=O)C[C@@](C)(c1ccccc1)O2. The molecule has 1 atom stereocenters. The molecule has 0 aromatic heterocycles. The predicted molar refractivity (Wildman–Crippen MR) is 101 cm³/mol. The molecule has 26 heavy (non-hydrogen) atoms. The number of ether oxygens (including phenoxy) is 2. The van der Waals surface area contributed by atoms with Crippen LogP contribution in [0, 0.1) is 0 Å². The monoisotopic (exact) mass is 352 g/mol. The third kappa shape index (κ3) is 3.19. The fraction of sp³-hybridized carbons (Fsp3) is 0.318. The van der Waals surface area contributed by atoms with E-state index in [2.05, 4.69) is 0 Å². The van der Waals surface area contributed by atoms with Crippen LogP contribution >= 0.6 is 0 Å². The second kappa shape index (κ2) is 6.87. The molecule has 2 aromatic carbocycles. The first-order valence-corrected chi connectivity index (χ1v) is 8.69. The Bertz CT molecular complexity index is 863. The molecule has 0 aliphatic carbocycles. The van der Waals surface area contributed by atoms with Crippen LogP contribution in [0.3, 0.4) is 0 Å². The maximum Gasteiger partial charge on any atom is 0.174 e. The van der Waals surface area contributed by atoms with Crippen molar-refractivity contribution in [2.75, 3.05) is 7.11 Å². The van der Waals surface area contributed by atoms with Gasteiger partial charge in [-0.05, 0) is 32.8 Å². The van der Waals surface area contributed by atoms with Gasteiger partial charge in [0, 0.05) is 11.6 Å². The first kappa shape index (κ1) is 18.1. The summed E-state index contributed by atoms with van der Waals surface area (Å²) in [7, 11) is 1.55. The number of hydrogen-bond acceptors (Lipinski definition) is 4. The van der Waals surface area contributed by atoms with Gasteiger partial charge in [0.1, 0.15) is 28.4 Å². The van der Waals surface area contributed by atoms with E-state index < -0.39 is 5.60 Å². The van der Waals surface area contributed by atoms with Crippen LogP contribution in [0.2, 0.25) is 0 Å². The molecule has 0 fully saturated rings. The molecule has 0 radical (unpaired) electrons. The predicted octanol–water partition coefficient (Wildman–Crippen LogP) is 4.79. The lowest BCUT2D eigenvalue weighted by Gasteiger charge is -2.36. The zero-order chi connectivity index (χ0) is 18.9. The van der Waals surface area contributed by atoms with Gasteiger partial charge >= 0.3 is 0 Å². The summed E-state index contributed by atoms with van der Waals surface area (Å²) >= 11 is 0. The molecule has 0 saturated carbocycles. The smallest absolute Gasteiger partial charge is 0.174 e. The van der Waals surface area contributed by atoms with E-state index in [0.29, 0.717) is 23.5 Å². The highest BCUT2D eigenvalue weighted by atomic mass is 16.5. The molecular weight excluding hydrogens is 328 g/mol. The van der Waals surface area contributed by atoms with Crippen LogP contribution < -0.4 is 9.47 Å². The van der Waals surface area contributed by atoms with Crippen molar-refractivity contribution in [1.29, 1.82) is 0 Å². The molecule has 1 aliphatic heterocycles. The Morgan fingerprint density at radius 1 is 1.31 bits per heavy atom. The third-order valence-electron chi connectivity index (χ3n) is 4.76. The van der Waals surface area contributed by atoms with E-state index in [1.807, 2.05) is 57.2 Å². The fourth-order valence-electron chi connectivity index (χ4n) is 3.32. The normalized spacial score (nSPS) is 18.7. The number of benzene rings is 2. The highest BCUT2D eigenvalue weighted by Gasteiger charge is 2.40. The molecule has 136 valence electrons. The highest BCUT2D eigenvalue weighted by Crippen LogP contribution is 2.47. The quantitative estimate of drug-likeness (QED) is 0.804. The highest BCUT2D eigenvalue weighted by molar-refractivity contribution is 6.03. The number of allylic oxidation sites excluding steroid dienone is 2. The summed E-state index contributed by atoms with van der Waals surface area (Å²) < 4.78 is 11.7. The number of phenolic OH excluding ortho intramolecular Hbond substituents is 1. The van der Waals surface area contributed by atoms with Crippen LogP contribution in [0.15, 0.2) is 48.0 Å². The molecule has 1 aliphatic rings. The lowest BCUT2D eigenvalue weighted by Crippen LogP contribution is -2.36. The van der Waals surface area contributed by atoms with E-state index in [1.165, 1.54) is 0 Å². The first-order chi connectivity index (χ1) is 12.4. The number of phenols is 1. The van der Waals surface area contributed by atoms with E-state index in [9.17, 15) is 9.90 Å². The minimum absolute atomic E-state index is 0.0445. The number of ketones is 1. The summed E-state index contributed by atoms with van der Waals surface area (Å²) in [6.07, 6.45) is 2.66. The largest absolute Gasteiger partial charge is 0.507 e. The Hall–Kier alpha value is -2.75. The molecule has 0 unspecified atom stereocenters. The van der Waals surface area contributed by atoms with E-state index >= 15 is 0 Å². The van der Waals surface area contributed by atoms with E-state index in [4.69, 9.17) is 9.47 Å².